The number of nitrogens with one attached hydrogen (secondary N) is 1. The van der Waals surface area contributed by atoms with E-state index in [1.807, 2.05) is 6.08 Å². The summed E-state index contributed by atoms with van der Waals surface area (Å²) in [6, 6.07) is -0.864. The van der Waals surface area contributed by atoms with Crippen LogP contribution in [0.4, 0.5) is 0 Å². The Morgan fingerprint density at radius 1 is 0.589 bits per heavy atom. The molecule has 0 heterocycles. The van der Waals surface area contributed by atoms with Crippen LogP contribution in [0, 0.1) is 0 Å². The SMILES string of the molecule is CCCCCC/C=C\C/C=C\CCCCCCCCCC(=O)NC(COP(=O)(O)OCCN)C(O)/C=C/CCCCCCCCCCCCCCCCCCC. The molecule has 0 rings (SSSR count). The van der Waals surface area contributed by atoms with E-state index < -0.39 is 20.0 Å². The van der Waals surface area contributed by atoms with Gasteiger partial charge in [-0.05, 0) is 51.4 Å². The molecule has 8 nitrogen and oxygen atoms in total. The lowest BCUT2D eigenvalue weighted by Gasteiger charge is -2.23. The van der Waals surface area contributed by atoms with E-state index in [1.165, 1.54) is 154 Å². The number of amides is 1. The number of hydrogen-bond acceptors (Lipinski definition) is 6. The maximum Gasteiger partial charge on any atom is 0.472 e. The van der Waals surface area contributed by atoms with Crippen molar-refractivity contribution in [1.29, 1.82) is 0 Å². The summed E-state index contributed by atoms with van der Waals surface area (Å²) in [4.78, 5) is 22.7. The van der Waals surface area contributed by atoms with Crippen molar-refractivity contribution in [2.45, 2.75) is 238 Å². The largest absolute Gasteiger partial charge is 0.472 e. The summed E-state index contributed by atoms with van der Waals surface area (Å²) < 4.78 is 22.2. The van der Waals surface area contributed by atoms with Gasteiger partial charge in [0.1, 0.15) is 0 Å². The van der Waals surface area contributed by atoms with Crippen molar-refractivity contribution in [1.82, 2.24) is 5.32 Å². The second kappa shape index (κ2) is 43.3. The molecule has 1 amide bonds. The topological polar surface area (TPSA) is 131 Å². The van der Waals surface area contributed by atoms with Gasteiger partial charge < -0.3 is 21.1 Å². The summed E-state index contributed by atoms with van der Waals surface area (Å²) >= 11 is 0. The standard InChI is InChI=1S/C47H91N2O6P/c1-3-5-7-9-11-13-15-17-19-21-23-24-26-28-30-32-34-36-38-40-46(50)45(44-55-56(52,53)54-43-42-48)49-47(51)41-39-37-35-33-31-29-27-25-22-20-18-16-14-12-10-8-6-4-2/h14,16,20,22,38,40,45-46,50H,3-13,15,17-19,21,23-37,39,41-44,48H2,1-2H3,(H,49,51)(H,52,53)/b16-14-,22-20-,40-38+. The Hall–Kier alpha value is -1.28. The zero-order valence-electron chi connectivity index (χ0n) is 36.6. The second-order valence-corrected chi connectivity index (χ2v) is 17.4. The molecule has 0 spiro atoms. The van der Waals surface area contributed by atoms with Crippen LogP contribution in [0.5, 0.6) is 0 Å². The van der Waals surface area contributed by atoms with Gasteiger partial charge in [-0.3, -0.25) is 13.8 Å². The highest BCUT2D eigenvalue weighted by atomic mass is 31.2. The van der Waals surface area contributed by atoms with E-state index >= 15 is 0 Å². The minimum Gasteiger partial charge on any atom is -0.387 e. The predicted molar refractivity (Wildman–Crippen MR) is 240 cm³/mol. The molecule has 0 bridgehead atoms. The maximum atomic E-state index is 12.8. The molecule has 0 aromatic carbocycles. The van der Waals surface area contributed by atoms with Crippen molar-refractivity contribution in [3.8, 4) is 0 Å². The van der Waals surface area contributed by atoms with E-state index in [-0.39, 0.29) is 25.7 Å². The van der Waals surface area contributed by atoms with E-state index in [1.54, 1.807) is 6.08 Å². The minimum absolute atomic E-state index is 0.0770. The fraction of sp³-hybridized carbons (Fsp3) is 0.851. The molecule has 9 heteroatoms. The summed E-state index contributed by atoms with van der Waals surface area (Å²) in [5.41, 5.74) is 5.38. The third-order valence-corrected chi connectivity index (χ3v) is 11.4. The number of phosphoric ester groups is 1. The number of unbranched alkanes of at least 4 members (excludes halogenated alkanes) is 28. The quantitative estimate of drug-likeness (QED) is 0.0274. The van der Waals surface area contributed by atoms with E-state index in [0.29, 0.717) is 6.42 Å². The number of aliphatic hydroxyl groups is 1. The Balaban J connectivity index is 4.18. The molecular weight excluding hydrogens is 719 g/mol. The lowest BCUT2D eigenvalue weighted by atomic mass is 10.0. The van der Waals surface area contributed by atoms with Gasteiger partial charge in [-0.1, -0.05) is 204 Å². The smallest absolute Gasteiger partial charge is 0.387 e. The zero-order chi connectivity index (χ0) is 41.1. The van der Waals surface area contributed by atoms with Crippen molar-refractivity contribution >= 4 is 13.7 Å². The number of phosphoric acid groups is 1. The predicted octanol–water partition coefficient (Wildman–Crippen LogP) is 13.5. The number of carbonyl (C=O) groups excluding carboxylic acids is 1. The summed E-state index contributed by atoms with van der Waals surface area (Å²) in [5, 5.41) is 13.7. The molecule has 0 aliphatic carbocycles. The van der Waals surface area contributed by atoms with Crippen LogP contribution < -0.4 is 11.1 Å². The number of hydrogen-bond donors (Lipinski definition) is 4. The summed E-state index contributed by atoms with van der Waals surface area (Å²) in [5.74, 6) is -0.201. The van der Waals surface area contributed by atoms with Crippen molar-refractivity contribution in [3.63, 3.8) is 0 Å². The van der Waals surface area contributed by atoms with Crippen LogP contribution in [0.25, 0.3) is 0 Å². The Kier molecular flexibility index (Phi) is 42.3. The van der Waals surface area contributed by atoms with Crippen LogP contribution in [0.1, 0.15) is 226 Å². The van der Waals surface area contributed by atoms with Crippen molar-refractivity contribution in [2.24, 2.45) is 5.73 Å². The molecular formula is C47H91N2O6P. The van der Waals surface area contributed by atoms with Crippen LogP contribution in [-0.4, -0.2) is 47.8 Å². The molecule has 0 saturated heterocycles. The lowest BCUT2D eigenvalue weighted by molar-refractivity contribution is -0.123. The van der Waals surface area contributed by atoms with Crippen LogP contribution in [0.2, 0.25) is 0 Å². The Labute approximate surface area is 346 Å². The van der Waals surface area contributed by atoms with Gasteiger partial charge in [-0.15, -0.1) is 0 Å². The first-order valence-electron chi connectivity index (χ1n) is 23.6. The highest BCUT2D eigenvalue weighted by Gasteiger charge is 2.26. The molecule has 5 N–H and O–H groups in total. The average molecular weight is 811 g/mol. The van der Waals surface area contributed by atoms with Gasteiger partial charge in [-0.25, -0.2) is 4.57 Å². The summed E-state index contributed by atoms with van der Waals surface area (Å²) in [7, 11) is -4.34. The second-order valence-electron chi connectivity index (χ2n) is 16.0. The molecule has 0 aromatic rings. The Bertz CT molecular complexity index is 974. The van der Waals surface area contributed by atoms with Gasteiger partial charge in [0.25, 0.3) is 0 Å². The average Bonchev–Trinajstić information content (AvgIpc) is 3.19. The minimum atomic E-state index is -4.34. The molecule has 0 aromatic heterocycles. The highest BCUT2D eigenvalue weighted by Crippen LogP contribution is 2.43. The van der Waals surface area contributed by atoms with Gasteiger partial charge in [-0.2, -0.15) is 0 Å². The molecule has 0 aliphatic rings. The van der Waals surface area contributed by atoms with E-state index in [2.05, 4.69) is 43.5 Å². The fourth-order valence-electron chi connectivity index (χ4n) is 6.87. The monoisotopic (exact) mass is 811 g/mol. The van der Waals surface area contributed by atoms with E-state index in [4.69, 9.17) is 14.8 Å². The number of rotatable bonds is 44. The van der Waals surface area contributed by atoms with Crippen molar-refractivity contribution in [3.05, 3.63) is 36.5 Å². The first kappa shape index (κ1) is 54.7. The Morgan fingerprint density at radius 2 is 0.982 bits per heavy atom. The number of carbonyl (C=O) groups is 1. The van der Waals surface area contributed by atoms with Crippen LogP contribution in [0.3, 0.4) is 0 Å². The van der Waals surface area contributed by atoms with E-state index in [0.717, 1.165) is 51.4 Å². The number of nitrogens with two attached hydrogens (primary N) is 1. The van der Waals surface area contributed by atoms with Gasteiger partial charge in [0, 0.05) is 13.0 Å². The van der Waals surface area contributed by atoms with Crippen molar-refractivity contribution < 1.29 is 28.4 Å². The van der Waals surface area contributed by atoms with Crippen LogP contribution in [-0.2, 0) is 18.4 Å². The first-order valence-corrected chi connectivity index (χ1v) is 25.1. The number of aliphatic hydroxyl groups excluding tert-OH is 1. The van der Waals surface area contributed by atoms with E-state index in [9.17, 15) is 19.4 Å². The van der Waals surface area contributed by atoms with Crippen molar-refractivity contribution in [2.75, 3.05) is 19.8 Å². The molecule has 0 saturated carbocycles. The fourth-order valence-corrected chi connectivity index (χ4v) is 7.63. The van der Waals surface area contributed by atoms with Gasteiger partial charge in [0.15, 0.2) is 0 Å². The van der Waals surface area contributed by atoms with Gasteiger partial charge in [0.2, 0.25) is 5.91 Å². The number of allylic oxidation sites excluding steroid dienone is 5. The highest BCUT2D eigenvalue weighted by molar-refractivity contribution is 7.47. The molecule has 3 unspecified atom stereocenters. The zero-order valence-corrected chi connectivity index (χ0v) is 37.5. The third kappa shape index (κ3) is 40.9. The normalized spacial score (nSPS) is 14.3. The van der Waals surface area contributed by atoms with Gasteiger partial charge in [0.05, 0.1) is 25.4 Å². The van der Waals surface area contributed by atoms with Gasteiger partial charge >= 0.3 is 7.82 Å². The molecule has 0 aliphatic heterocycles. The Morgan fingerprint density at radius 3 is 1.43 bits per heavy atom. The molecule has 0 radical (unpaired) electrons. The maximum absolute atomic E-state index is 12.8. The molecule has 3 atom stereocenters. The summed E-state index contributed by atoms with van der Waals surface area (Å²) in [6.45, 7) is 4.13. The van der Waals surface area contributed by atoms with Crippen LogP contribution in [0.15, 0.2) is 36.5 Å². The molecule has 56 heavy (non-hydrogen) atoms. The first-order chi connectivity index (χ1) is 27.4. The lowest BCUT2D eigenvalue weighted by Crippen LogP contribution is -2.45. The third-order valence-electron chi connectivity index (χ3n) is 10.5. The molecule has 0 fully saturated rings. The van der Waals surface area contributed by atoms with Crippen LogP contribution >= 0.6 is 7.82 Å². The summed E-state index contributed by atoms with van der Waals surface area (Å²) in [6.07, 6.45) is 51.9. The molecule has 330 valence electrons.